The average Bonchev–Trinajstić information content (AvgIpc) is 2.59. The summed E-state index contributed by atoms with van der Waals surface area (Å²) in [5, 5.41) is 8.28. The van der Waals surface area contributed by atoms with Gasteiger partial charge >= 0.3 is 12.4 Å². The van der Waals surface area contributed by atoms with Gasteiger partial charge in [-0.1, -0.05) is 0 Å². The lowest BCUT2D eigenvalue weighted by molar-refractivity contribution is -0.161. The Bertz CT molecular complexity index is 552. The van der Waals surface area contributed by atoms with Crippen molar-refractivity contribution in [3.8, 4) is 0 Å². The third kappa shape index (κ3) is 1.92. The van der Waals surface area contributed by atoms with E-state index in [1.165, 1.54) is 0 Å². The average molecular weight is 255 g/mol. The predicted molar refractivity (Wildman–Crippen MR) is 43.9 cm³/mol. The van der Waals surface area contributed by atoms with Gasteiger partial charge in [-0.05, 0) is 12.1 Å². The highest BCUT2D eigenvalue weighted by Gasteiger charge is 2.45. The summed E-state index contributed by atoms with van der Waals surface area (Å²) < 4.78 is 75.2. The first-order valence-corrected chi connectivity index (χ1v) is 4.19. The maximum absolute atomic E-state index is 12.6. The summed E-state index contributed by atoms with van der Waals surface area (Å²) in [6, 6.07) is 1.17. The Morgan fingerprint density at radius 3 is 2.06 bits per heavy atom. The molecule has 92 valence electrons. The number of aromatic amines is 1. The number of hydrogen-bond donors (Lipinski definition) is 1. The minimum Gasteiger partial charge on any atom is -0.197 e. The van der Waals surface area contributed by atoms with E-state index in [-0.39, 0.29) is 5.52 Å². The molecule has 1 aromatic heterocycles. The van der Waals surface area contributed by atoms with Crippen molar-refractivity contribution in [2.75, 3.05) is 0 Å². The first kappa shape index (κ1) is 11.7. The molecule has 1 heterocycles. The van der Waals surface area contributed by atoms with Gasteiger partial charge in [-0.2, -0.15) is 41.8 Å². The zero-order chi connectivity index (χ0) is 12.8. The van der Waals surface area contributed by atoms with Crippen molar-refractivity contribution in [2.45, 2.75) is 12.4 Å². The second-order valence-corrected chi connectivity index (χ2v) is 3.17. The largest absolute Gasteiger partial charge is 0.419 e. The second kappa shape index (κ2) is 3.34. The van der Waals surface area contributed by atoms with Gasteiger partial charge in [0.15, 0.2) is 0 Å². The van der Waals surface area contributed by atoms with Gasteiger partial charge in [0.2, 0.25) is 0 Å². The smallest absolute Gasteiger partial charge is 0.197 e. The molecule has 0 bridgehead atoms. The number of nitrogens with zero attached hydrogens (tertiary/aromatic N) is 2. The Morgan fingerprint density at radius 2 is 1.53 bits per heavy atom. The second-order valence-electron chi connectivity index (χ2n) is 3.17. The Hall–Kier alpha value is -1.80. The molecule has 0 spiro atoms. The molecule has 2 rings (SSSR count). The van der Waals surface area contributed by atoms with Gasteiger partial charge in [-0.15, -0.1) is 0 Å². The Labute approximate surface area is 89.4 Å². The zero-order valence-corrected chi connectivity index (χ0v) is 7.82. The van der Waals surface area contributed by atoms with Crippen molar-refractivity contribution in [3.05, 3.63) is 23.3 Å². The van der Waals surface area contributed by atoms with E-state index in [2.05, 4.69) is 10.2 Å². The Balaban J connectivity index is 2.85. The van der Waals surface area contributed by atoms with Crippen molar-refractivity contribution in [1.29, 1.82) is 0 Å². The predicted octanol–water partition coefficient (Wildman–Crippen LogP) is 3.00. The summed E-state index contributed by atoms with van der Waals surface area (Å²) in [4.78, 5) is 0. The minimum absolute atomic E-state index is 0.273. The van der Waals surface area contributed by atoms with E-state index in [1.807, 2.05) is 5.21 Å². The van der Waals surface area contributed by atoms with Crippen LogP contribution in [0.5, 0.6) is 0 Å². The molecule has 3 nitrogen and oxygen atoms in total. The minimum atomic E-state index is -5.15. The van der Waals surface area contributed by atoms with Gasteiger partial charge in [-0.3, -0.25) is 0 Å². The summed E-state index contributed by atoms with van der Waals surface area (Å²) in [6.45, 7) is 0. The van der Waals surface area contributed by atoms with Crippen LogP contribution in [0.3, 0.4) is 0 Å². The van der Waals surface area contributed by atoms with Crippen LogP contribution in [-0.4, -0.2) is 15.4 Å². The van der Waals surface area contributed by atoms with Crippen molar-refractivity contribution in [1.82, 2.24) is 15.4 Å². The summed E-state index contributed by atoms with van der Waals surface area (Å²) in [7, 11) is 0. The fourth-order valence-corrected chi connectivity index (χ4v) is 1.44. The maximum atomic E-state index is 12.6. The molecule has 0 aliphatic heterocycles. The van der Waals surface area contributed by atoms with Crippen LogP contribution in [0, 0.1) is 0 Å². The maximum Gasteiger partial charge on any atom is 0.419 e. The molecule has 0 amide bonds. The first-order valence-electron chi connectivity index (χ1n) is 4.19. The van der Waals surface area contributed by atoms with Crippen LogP contribution >= 0.6 is 0 Å². The van der Waals surface area contributed by atoms with E-state index in [0.29, 0.717) is 6.07 Å². The summed E-state index contributed by atoms with van der Waals surface area (Å²) >= 11 is 0. The molecule has 0 radical (unpaired) electrons. The first-order chi connectivity index (χ1) is 7.71. The fraction of sp³-hybridized carbons (Fsp3) is 0.250. The lowest BCUT2D eigenvalue weighted by atomic mass is 10.0. The highest BCUT2D eigenvalue weighted by molar-refractivity contribution is 5.79. The molecule has 17 heavy (non-hydrogen) atoms. The summed E-state index contributed by atoms with van der Waals surface area (Å²) in [6.07, 6.45) is -10.3. The van der Waals surface area contributed by atoms with Crippen LogP contribution < -0.4 is 0 Å². The lowest BCUT2D eigenvalue weighted by Gasteiger charge is -2.14. The Kier molecular flexibility index (Phi) is 2.30. The molecule has 9 heteroatoms. The number of halogens is 6. The lowest BCUT2D eigenvalue weighted by Crippen LogP contribution is -2.17. The number of alkyl halides is 6. The van der Waals surface area contributed by atoms with Crippen LogP contribution in [0.2, 0.25) is 0 Å². The normalized spacial score (nSPS) is 13.3. The van der Waals surface area contributed by atoms with Crippen molar-refractivity contribution in [3.63, 3.8) is 0 Å². The van der Waals surface area contributed by atoms with Crippen LogP contribution in [-0.2, 0) is 12.4 Å². The SMILES string of the molecule is FC(F)(F)c1ccc2n[nH]nc2c1C(F)(F)F. The number of benzene rings is 1. The van der Waals surface area contributed by atoms with Gasteiger partial charge in [-0.25, -0.2) is 0 Å². The van der Waals surface area contributed by atoms with Crippen LogP contribution in [0.25, 0.3) is 11.0 Å². The summed E-state index contributed by atoms with van der Waals surface area (Å²) in [5.41, 5.74) is -4.71. The molecule has 0 saturated carbocycles. The topological polar surface area (TPSA) is 41.6 Å². The molecular formula is C8H3F6N3. The van der Waals surface area contributed by atoms with Crippen LogP contribution in [0.15, 0.2) is 12.1 Å². The van der Waals surface area contributed by atoms with Crippen molar-refractivity contribution < 1.29 is 26.3 Å². The molecule has 0 aliphatic carbocycles. The Morgan fingerprint density at radius 1 is 0.882 bits per heavy atom. The van der Waals surface area contributed by atoms with E-state index >= 15 is 0 Å². The fourth-order valence-electron chi connectivity index (χ4n) is 1.44. The number of H-pyrrole nitrogens is 1. The van der Waals surface area contributed by atoms with Crippen LogP contribution in [0.4, 0.5) is 26.3 Å². The third-order valence-corrected chi connectivity index (χ3v) is 2.08. The number of hydrogen-bond acceptors (Lipinski definition) is 2. The van der Waals surface area contributed by atoms with E-state index < -0.39 is 29.0 Å². The van der Waals surface area contributed by atoms with E-state index in [1.54, 1.807) is 0 Å². The molecule has 0 atom stereocenters. The molecular weight excluding hydrogens is 252 g/mol. The van der Waals surface area contributed by atoms with Gasteiger partial charge in [0, 0.05) is 0 Å². The molecule has 1 aromatic carbocycles. The van der Waals surface area contributed by atoms with Crippen LogP contribution in [0.1, 0.15) is 11.1 Å². The quantitative estimate of drug-likeness (QED) is 0.735. The van der Waals surface area contributed by atoms with Gasteiger partial charge < -0.3 is 0 Å². The van der Waals surface area contributed by atoms with Gasteiger partial charge in [0.1, 0.15) is 11.0 Å². The number of aromatic nitrogens is 3. The van der Waals surface area contributed by atoms with Gasteiger partial charge in [0.25, 0.3) is 0 Å². The van der Waals surface area contributed by atoms with Crippen molar-refractivity contribution >= 4 is 11.0 Å². The summed E-state index contributed by atoms with van der Waals surface area (Å²) in [5.74, 6) is 0. The number of rotatable bonds is 0. The third-order valence-electron chi connectivity index (χ3n) is 2.08. The van der Waals surface area contributed by atoms with E-state index in [0.717, 1.165) is 6.07 Å². The molecule has 0 unspecified atom stereocenters. The molecule has 2 aromatic rings. The number of fused-ring (bicyclic) bond motifs is 1. The highest BCUT2D eigenvalue weighted by atomic mass is 19.4. The molecule has 0 aliphatic rings. The molecule has 0 saturated heterocycles. The monoisotopic (exact) mass is 255 g/mol. The van der Waals surface area contributed by atoms with E-state index in [4.69, 9.17) is 0 Å². The molecule has 0 fully saturated rings. The number of nitrogens with one attached hydrogen (secondary N) is 1. The zero-order valence-electron chi connectivity index (χ0n) is 7.82. The van der Waals surface area contributed by atoms with E-state index in [9.17, 15) is 26.3 Å². The standard InChI is InChI=1S/C8H3F6N3/c9-7(10,11)3-1-2-4-6(16-17-15-4)5(3)8(12,13)14/h1-2H,(H,15,16,17). The molecule has 1 N–H and O–H groups in total. The van der Waals surface area contributed by atoms with Crippen molar-refractivity contribution in [2.24, 2.45) is 0 Å². The van der Waals surface area contributed by atoms with Gasteiger partial charge in [0.05, 0.1) is 11.1 Å². The highest BCUT2D eigenvalue weighted by Crippen LogP contribution is 2.42.